The second-order valence-corrected chi connectivity index (χ2v) is 10.5. The third kappa shape index (κ3) is 12.2. The van der Waals surface area contributed by atoms with Crippen molar-refractivity contribution in [2.24, 2.45) is 0 Å². The van der Waals surface area contributed by atoms with Crippen molar-refractivity contribution < 1.29 is 19.1 Å². The average molecular weight is 659 g/mol. The summed E-state index contributed by atoms with van der Waals surface area (Å²) in [5, 5.41) is 0. The molecule has 4 aromatic carbocycles. The summed E-state index contributed by atoms with van der Waals surface area (Å²) in [6.45, 7) is 7.98. The molecule has 0 aliphatic rings. The Morgan fingerprint density at radius 3 is 1.37 bits per heavy atom. The van der Waals surface area contributed by atoms with Crippen LogP contribution in [0.3, 0.4) is 0 Å². The maximum Gasteiger partial charge on any atom is 0.166 e. The number of nitrogens with zero attached hydrogens (tertiary/aromatic N) is 2. The zero-order valence-corrected chi connectivity index (χ0v) is 30.1. The number of hydrogen-bond donors (Lipinski definition) is 0. The standard InChI is InChI=1S/C21H23NO2.C20H21NO2.C2H6/c1-4-5-6-9-20(16-23)22(2)19-13-11-17(12-14-19)18-8-7-10-21(15-18)24-3;1-4-5-8-19(15-22)21(2)18-12-10-16(11-13-18)17-7-6-9-20(14-17)23-3;1-2/h5-16H,4H2,1-3H3;4-15H,1-3H3;1-2H3/b6-5-,20-9+;5-4-,19-8+;. The molecule has 0 aliphatic heterocycles. The van der Waals surface area contributed by atoms with Crippen LogP contribution in [0.25, 0.3) is 22.3 Å². The normalized spacial score (nSPS) is 11.2. The molecule has 0 radical (unpaired) electrons. The van der Waals surface area contributed by atoms with Crippen LogP contribution in [0.5, 0.6) is 11.5 Å². The van der Waals surface area contributed by atoms with Crippen molar-refractivity contribution >= 4 is 23.9 Å². The molecule has 0 saturated heterocycles. The highest BCUT2D eigenvalue weighted by atomic mass is 16.5. The van der Waals surface area contributed by atoms with E-state index >= 15 is 0 Å². The van der Waals surface area contributed by atoms with Crippen LogP contribution >= 0.6 is 0 Å². The number of likely N-dealkylation sites (N-methyl/N-ethyl adjacent to an activating group) is 2. The SMILES string of the molecule is C/C=C\C=C(/C=O)N(C)c1ccc(-c2cccc(OC)c2)cc1.CC.CC/C=C\C=C(/C=O)N(C)c1ccc(-c2cccc(OC)c2)cc1. The molecule has 49 heavy (non-hydrogen) atoms. The number of aldehydes is 2. The number of allylic oxidation sites excluding steroid dienone is 8. The zero-order valence-electron chi connectivity index (χ0n) is 30.1. The lowest BCUT2D eigenvalue weighted by molar-refractivity contribution is -0.105. The molecule has 0 aromatic heterocycles. The lowest BCUT2D eigenvalue weighted by atomic mass is 10.0. The maximum atomic E-state index is 11.3. The molecule has 0 spiro atoms. The Morgan fingerprint density at radius 2 is 1.02 bits per heavy atom. The van der Waals surface area contributed by atoms with Crippen LogP contribution in [0, 0.1) is 0 Å². The summed E-state index contributed by atoms with van der Waals surface area (Å²) >= 11 is 0. The minimum atomic E-state index is 0.609. The molecule has 4 aromatic rings. The van der Waals surface area contributed by atoms with Crippen LogP contribution in [0.2, 0.25) is 0 Å². The van der Waals surface area contributed by atoms with Crippen molar-refractivity contribution in [3.8, 4) is 33.8 Å². The first-order valence-electron chi connectivity index (χ1n) is 16.5. The molecule has 0 heterocycles. The first-order chi connectivity index (χ1) is 23.9. The molecular formula is C43H50N2O4. The van der Waals surface area contributed by atoms with E-state index in [1.54, 1.807) is 20.3 Å². The van der Waals surface area contributed by atoms with Gasteiger partial charge in [-0.2, -0.15) is 0 Å². The number of carbonyl (C=O) groups excluding carboxylic acids is 2. The van der Waals surface area contributed by atoms with E-state index in [0.717, 1.165) is 64.1 Å². The van der Waals surface area contributed by atoms with Crippen molar-refractivity contribution in [3.05, 3.63) is 145 Å². The number of rotatable bonds is 13. The summed E-state index contributed by atoms with van der Waals surface area (Å²) in [6, 6.07) is 32.1. The summed E-state index contributed by atoms with van der Waals surface area (Å²) in [6.07, 6.45) is 14.0. The molecule has 0 unspecified atom stereocenters. The van der Waals surface area contributed by atoms with E-state index in [-0.39, 0.29) is 0 Å². The fourth-order valence-corrected chi connectivity index (χ4v) is 4.62. The third-order valence-electron chi connectivity index (χ3n) is 7.43. The molecule has 0 bridgehead atoms. The van der Waals surface area contributed by atoms with Crippen molar-refractivity contribution in [3.63, 3.8) is 0 Å². The van der Waals surface area contributed by atoms with Gasteiger partial charge in [-0.05, 0) is 96.3 Å². The van der Waals surface area contributed by atoms with Gasteiger partial charge >= 0.3 is 0 Å². The van der Waals surface area contributed by atoms with Gasteiger partial charge in [-0.3, -0.25) is 9.59 Å². The molecule has 4 rings (SSSR count). The molecule has 0 N–H and O–H groups in total. The van der Waals surface area contributed by atoms with Crippen LogP contribution in [-0.4, -0.2) is 40.9 Å². The van der Waals surface area contributed by atoms with E-state index in [9.17, 15) is 9.59 Å². The molecular weight excluding hydrogens is 608 g/mol. The van der Waals surface area contributed by atoms with Gasteiger partial charge in [0.25, 0.3) is 0 Å². The number of ether oxygens (including phenoxy) is 2. The minimum absolute atomic E-state index is 0.609. The Kier molecular flexibility index (Phi) is 17.8. The molecule has 6 nitrogen and oxygen atoms in total. The largest absolute Gasteiger partial charge is 0.497 e. The van der Waals surface area contributed by atoms with Gasteiger partial charge < -0.3 is 19.3 Å². The van der Waals surface area contributed by atoms with Gasteiger partial charge in [0.2, 0.25) is 0 Å². The van der Waals surface area contributed by atoms with E-state index < -0.39 is 0 Å². The van der Waals surface area contributed by atoms with Gasteiger partial charge in [0.1, 0.15) is 11.5 Å². The van der Waals surface area contributed by atoms with Gasteiger partial charge in [0, 0.05) is 25.5 Å². The van der Waals surface area contributed by atoms with Crippen LogP contribution in [0.1, 0.15) is 34.1 Å². The quantitative estimate of drug-likeness (QED) is 0.0810. The second kappa shape index (κ2) is 22.0. The smallest absolute Gasteiger partial charge is 0.166 e. The maximum absolute atomic E-state index is 11.3. The fourth-order valence-electron chi connectivity index (χ4n) is 4.62. The van der Waals surface area contributed by atoms with Gasteiger partial charge in [-0.15, -0.1) is 0 Å². The van der Waals surface area contributed by atoms with Crippen LogP contribution in [0.4, 0.5) is 11.4 Å². The van der Waals surface area contributed by atoms with Gasteiger partial charge in [0.15, 0.2) is 12.6 Å². The summed E-state index contributed by atoms with van der Waals surface area (Å²) in [5.41, 5.74) is 7.55. The predicted molar refractivity (Wildman–Crippen MR) is 208 cm³/mol. The Hall–Kier alpha value is -5.62. The summed E-state index contributed by atoms with van der Waals surface area (Å²) < 4.78 is 10.5. The van der Waals surface area contributed by atoms with Crippen molar-refractivity contribution in [1.29, 1.82) is 0 Å². The first kappa shape index (κ1) is 39.6. The monoisotopic (exact) mass is 658 g/mol. The lowest BCUT2D eigenvalue weighted by Gasteiger charge is -2.19. The molecule has 0 saturated carbocycles. The van der Waals surface area contributed by atoms with E-state index in [1.807, 2.05) is 172 Å². The highest BCUT2D eigenvalue weighted by Crippen LogP contribution is 2.28. The second-order valence-electron chi connectivity index (χ2n) is 10.5. The Labute approximate surface area is 293 Å². The van der Waals surface area contributed by atoms with Crippen molar-refractivity contribution in [1.82, 2.24) is 0 Å². The Morgan fingerprint density at radius 1 is 0.612 bits per heavy atom. The number of carbonyl (C=O) groups is 2. The van der Waals surface area contributed by atoms with Crippen LogP contribution < -0.4 is 19.3 Å². The third-order valence-corrected chi connectivity index (χ3v) is 7.43. The summed E-state index contributed by atoms with van der Waals surface area (Å²) in [4.78, 5) is 26.3. The molecule has 0 aliphatic carbocycles. The van der Waals surface area contributed by atoms with Crippen LogP contribution in [0.15, 0.2) is 145 Å². The molecule has 6 heteroatoms. The van der Waals surface area contributed by atoms with Gasteiger partial charge in [-0.25, -0.2) is 0 Å². The number of anilines is 2. The number of hydrogen-bond acceptors (Lipinski definition) is 6. The first-order valence-corrected chi connectivity index (χ1v) is 16.5. The summed E-state index contributed by atoms with van der Waals surface area (Å²) in [7, 11) is 7.09. The van der Waals surface area contributed by atoms with E-state index in [0.29, 0.717) is 11.4 Å². The fraction of sp³-hybridized carbons (Fsp3) is 0.209. The zero-order chi connectivity index (χ0) is 36.0. The highest BCUT2D eigenvalue weighted by molar-refractivity contribution is 5.82. The van der Waals surface area contributed by atoms with E-state index in [1.165, 1.54) is 0 Å². The molecule has 0 fully saturated rings. The topological polar surface area (TPSA) is 59.1 Å². The van der Waals surface area contributed by atoms with Gasteiger partial charge in [-0.1, -0.05) is 93.6 Å². The highest BCUT2D eigenvalue weighted by Gasteiger charge is 2.08. The Bertz CT molecular complexity index is 1700. The lowest BCUT2D eigenvalue weighted by Crippen LogP contribution is -2.17. The minimum Gasteiger partial charge on any atom is -0.497 e. The average Bonchev–Trinajstić information content (AvgIpc) is 3.17. The molecule has 0 amide bonds. The molecule has 256 valence electrons. The number of benzene rings is 4. The number of methoxy groups -OCH3 is 2. The summed E-state index contributed by atoms with van der Waals surface area (Å²) in [5.74, 6) is 1.67. The molecule has 0 atom stereocenters. The van der Waals surface area contributed by atoms with E-state index in [4.69, 9.17) is 9.47 Å². The van der Waals surface area contributed by atoms with Gasteiger partial charge in [0.05, 0.1) is 25.6 Å². The van der Waals surface area contributed by atoms with Crippen molar-refractivity contribution in [2.75, 3.05) is 38.1 Å². The van der Waals surface area contributed by atoms with Crippen molar-refractivity contribution in [2.45, 2.75) is 34.1 Å². The predicted octanol–water partition coefficient (Wildman–Crippen LogP) is 10.3. The Balaban J connectivity index is 0.000000324. The van der Waals surface area contributed by atoms with E-state index in [2.05, 4.69) is 6.92 Å². The van der Waals surface area contributed by atoms with Crippen LogP contribution in [-0.2, 0) is 9.59 Å².